The smallest absolute Gasteiger partial charge is 0.269 e. The Kier molecular flexibility index (Phi) is 4.50. The quantitative estimate of drug-likeness (QED) is 0.491. The van der Waals surface area contributed by atoms with E-state index in [0.29, 0.717) is 11.1 Å². The maximum atomic E-state index is 12.0. The molecule has 1 aliphatic heterocycles. The molecule has 1 saturated heterocycles. The van der Waals surface area contributed by atoms with Gasteiger partial charge < -0.3 is 5.32 Å². The summed E-state index contributed by atoms with van der Waals surface area (Å²) in [4.78, 5) is 46.1. The third-order valence-corrected chi connectivity index (χ3v) is 3.44. The van der Waals surface area contributed by atoms with Crippen molar-refractivity contribution in [2.45, 2.75) is 19.8 Å². The van der Waals surface area contributed by atoms with E-state index in [1.165, 1.54) is 18.2 Å². The molecule has 0 bridgehead atoms. The van der Waals surface area contributed by atoms with Gasteiger partial charge in [-0.05, 0) is 18.6 Å². The first kappa shape index (κ1) is 15.6. The Hall–Kier alpha value is -2.77. The summed E-state index contributed by atoms with van der Waals surface area (Å²) in [5, 5.41) is 13.3. The number of rotatable bonds is 5. The monoisotopic (exact) mass is 305 g/mol. The minimum atomic E-state index is -0.528. The zero-order chi connectivity index (χ0) is 16.3. The van der Waals surface area contributed by atoms with Crippen LogP contribution in [0.5, 0.6) is 0 Å². The Morgan fingerprint density at radius 2 is 1.95 bits per heavy atom. The summed E-state index contributed by atoms with van der Waals surface area (Å²) < 4.78 is 0. The van der Waals surface area contributed by atoms with Crippen LogP contribution in [0, 0.1) is 17.0 Å². The summed E-state index contributed by atoms with van der Waals surface area (Å²) >= 11 is 0. The average molecular weight is 305 g/mol. The van der Waals surface area contributed by atoms with Crippen LogP contribution < -0.4 is 5.32 Å². The Bertz CT molecular complexity index is 640. The van der Waals surface area contributed by atoms with Crippen LogP contribution in [-0.2, 0) is 9.59 Å². The topological polar surface area (TPSA) is 110 Å². The molecule has 0 radical (unpaired) electrons. The number of non-ortho nitro benzene ring substituents is 1. The highest BCUT2D eigenvalue weighted by molar-refractivity contribution is 6.02. The SMILES string of the molecule is Cc1cc([N+](=O)[O-])ccc1C(=O)NCCN1C(=O)CCC1=O. The lowest BCUT2D eigenvalue weighted by Gasteiger charge is -2.14. The van der Waals surface area contributed by atoms with E-state index in [9.17, 15) is 24.5 Å². The summed E-state index contributed by atoms with van der Waals surface area (Å²) in [5.41, 5.74) is 0.729. The lowest BCUT2D eigenvalue weighted by atomic mass is 10.1. The van der Waals surface area contributed by atoms with Crippen molar-refractivity contribution in [1.82, 2.24) is 10.2 Å². The molecule has 0 spiro atoms. The van der Waals surface area contributed by atoms with Crippen molar-refractivity contribution < 1.29 is 19.3 Å². The van der Waals surface area contributed by atoms with E-state index >= 15 is 0 Å². The number of nitrogens with one attached hydrogen (secondary N) is 1. The van der Waals surface area contributed by atoms with Crippen LogP contribution in [0.15, 0.2) is 18.2 Å². The van der Waals surface area contributed by atoms with E-state index in [1.807, 2.05) is 0 Å². The molecule has 8 heteroatoms. The second-order valence-electron chi connectivity index (χ2n) is 4.95. The number of nitrogens with zero attached hydrogens (tertiary/aromatic N) is 2. The van der Waals surface area contributed by atoms with Crippen molar-refractivity contribution in [1.29, 1.82) is 0 Å². The first-order valence-electron chi connectivity index (χ1n) is 6.76. The zero-order valence-electron chi connectivity index (χ0n) is 12.0. The highest BCUT2D eigenvalue weighted by atomic mass is 16.6. The van der Waals surface area contributed by atoms with E-state index in [2.05, 4.69) is 5.32 Å². The molecule has 1 heterocycles. The molecule has 0 atom stereocenters. The fourth-order valence-electron chi connectivity index (χ4n) is 2.26. The van der Waals surface area contributed by atoms with Crippen LogP contribution in [0.25, 0.3) is 0 Å². The third-order valence-electron chi connectivity index (χ3n) is 3.44. The van der Waals surface area contributed by atoms with Gasteiger partial charge >= 0.3 is 0 Å². The maximum Gasteiger partial charge on any atom is 0.269 e. The predicted octanol–water partition coefficient (Wildman–Crippen LogP) is 0.782. The molecule has 8 nitrogen and oxygen atoms in total. The maximum absolute atomic E-state index is 12.0. The minimum Gasteiger partial charge on any atom is -0.350 e. The number of amides is 3. The minimum absolute atomic E-state index is 0.0812. The zero-order valence-corrected chi connectivity index (χ0v) is 12.0. The first-order valence-corrected chi connectivity index (χ1v) is 6.76. The Morgan fingerprint density at radius 1 is 1.32 bits per heavy atom. The lowest BCUT2D eigenvalue weighted by Crippen LogP contribution is -2.37. The number of likely N-dealkylation sites (tertiary alicyclic amines) is 1. The van der Waals surface area contributed by atoms with Gasteiger partial charge in [0.25, 0.3) is 11.6 Å². The number of benzene rings is 1. The van der Waals surface area contributed by atoms with Crippen LogP contribution >= 0.6 is 0 Å². The Labute approximate surface area is 126 Å². The standard InChI is InChI=1S/C14H15N3O5/c1-9-8-10(17(21)22)2-3-11(9)14(20)15-6-7-16-12(18)4-5-13(16)19/h2-3,8H,4-7H2,1H3,(H,15,20). The molecule has 1 fully saturated rings. The Morgan fingerprint density at radius 3 is 2.50 bits per heavy atom. The molecule has 3 amide bonds. The van der Waals surface area contributed by atoms with E-state index in [4.69, 9.17) is 0 Å². The molecular formula is C14H15N3O5. The van der Waals surface area contributed by atoms with Crippen LogP contribution in [0.3, 0.4) is 0 Å². The molecule has 22 heavy (non-hydrogen) atoms. The van der Waals surface area contributed by atoms with Gasteiger partial charge in [-0.15, -0.1) is 0 Å². The van der Waals surface area contributed by atoms with Gasteiger partial charge in [0.05, 0.1) is 4.92 Å². The molecule has 0 aromatic heterocycles. The van der Waals surface area contributed by atoms with Gasteiger partial charge in [0.15, 0.2) is 0 Å². The first-order chi connectivity index (χ1) is 10.4. The molecular weight excluding hydrogens is 290 g/mol. The van der Waals surface area contributed by atoms with Gasteiger partial charge in [0.2, 0.25) is 11.8 Å². The number of hydrogen-bond acceptors (Lipinski definition) is 5. The molecule has 1 aromatic carbocycles. The van der Waals surface area contributed by atoms with E-state index in [1.54, 1.807) is 6.92 Å². The molecule has 2 rings (SSSR count). The van der Waals surface area contributed by atoms with Gasteiger partial charge in [0.1, 0.15) is 0 Å². The second kappa shape index (κ2) is 6.33. The fraction of sp³-hybridized carbons (Fsp3) is 0.357. The van der Waals surface area contributed by atoms with Gasteiger partial charge in [-0.2, -0.15) is 0 Å². The van der Waals surface area contributed by atoms with E-state index in [0.717, 1.165) is 4.90 Å². The number of carbonyl (C=O) groups is 3. The van der Waals surface area contributed by atoms with Crippen LogP contribution in [-0.4, -0.2) is 40.6 Å². The second-order valence-corrected chi connectivity index (χ2v) is 4.95. The number of carbonyl (C=O) groups excluding carboxylic acids is 3. The molecule has 1 N–H and O–H groups in total. The van der Waals surface area contributed by atoms with Crippen molar-refractivity contribution in [3.05, 3.63) is 39.4 Å². The molecule has 1 aromatic rings. The van der Waals surface area contributed by atoms with Crippen LogP contribution in [0.2, 0.25) is 0 Å². The Balaban J connectivity index is 1.94. The van der Waals surface area contributed by atoms with Gasteiger partial charge in [-0.3, -0.25) is 29.4 Å². The summed E-state index contributed by atoms with van der Waals surface area (Å²) in [5.74, 6) is -0.858. The van der Waals surface area contributed by atoms with Gasteiger partial charge in [-0.1, -0.05) is 0 Å². The normalized spacial score (nSPS) is 14.3. The highest BCUT2D eigenvalue weighted by Crippen LogP contribution is 2.17. The summed E-state index contributed by atoms with van der Waals surface area (Å²) in [7, 11) is 0. The van der Waals surface area contributed by atoms with Crippen molar-refractivity contribution in [3.63, 3.8) is 0 Å². The highest BCUT2D eigenvalue weighted by Gasteiger charge is 2.28. The summed E-state index contributed by atoms with van der Waals surface area (Å²) in [6.07, 6.45) is 0.433. The van der Waals surface area contributed by atoms with Crippen LogP contribution in [0.1, 0.15) is 28.8 Å². The number of nitro groups is 1. The van der Waals surface area contributed by atoms with Gasteiger partial charge in [0, 0.05) is 43.6 Å². The molecule has 116 valence electrons. The lowest BCUT2D eigenvalue weighted by molar-refractivity contribution is -0.384. The number of nitro benzene ring substituents is 1. The van der Waals surface area contributed by atoms with Crippen molar-refractivity contribution in [2.24, 2.45) is 0 Å². The molecule has 0 aliphatic carbocycles. The number of imide groups is 1. The van der Waals surface area contributed by atoms with Gasteiger partial charge in [-0.25, -0.2) is 0 Å². The number of aryl methyl sites for hydroxylation is 1. The summed E-state index contributed by atoms with van der Waals surface area (Å²) in [6.45, 7) is 1.89. The van der Waals surface area contributed by atoms with Crippen LogP contribution in [0.4, 0.5) is 5.69 Å². The average Bonchev–Trinajstić information content (AvgIpc) is 2.78. The van der Waals surface area contributed by atoms with Crippen molar-refractivity contribution in [3.8, 4) is 0 Å². The summed E-state index contributed by atoms with van der Waals surface area (Å²) in [6, 6.07) is 3.97. The largest absolute Gasteiger partial charge is 0.350 e. The van der Waals surface area contributed by atoms with E-state index < -0.39 is 10.8 Å². The predicted molar refractivity (Wildman–Crippen MR) is 76.1 cm³/mol. The number of hydrogen-bond donors (Lipinski definition) is 1. The fourth-order valence-corrected chi connectivity index (χ4v) is 2.26. The molecule has 1 aliphatic rings. The molecule has 0 saturated carbocycles. The van der Waals surface area contributed by atoms with E-state index in [-0.39, 0.29) is 43.4 Å². The molecule has 0 unspecified atom stereocenters. The van der Waals surface area contributed by atoms with Crippen molar-refractivity contribution >= 4 is 23.4 Å². The van der Waals surface area contributed by atoms with Crippen molar-refractivity contribution in [2.75, 3.05) is 13.1 Å². The third kappa shape index (κ3) is 3.27.